The van der Waals surface area contributed by atoms with E-state index in [-0.39, 0.29) is 12.4 Å². The highest BCUT2D eigenvalue weighted by Crippen LogP contribution is 2.31. The van der Waals surface area contributed by atoms with Gasteiger partial charge in [-0.25, -0.2) is 0 Å². The lowest BCUT2D eigenvalue weighted by Gasteiger charge is -2.41. The summed E-state index contributed by atoms with van der Waals surface area (Å²) in [4.78, 5) is 4.81. The van der Waals surface area contributed by atoms with Crippen LogP contribution in [0, 0.1) is 6.92 Å². The molecule has 0 bridgehead atoms. The summed E-state index contributed by atoms with van der Waals surface area (Å²) in [6.45, 7) is 6.64. The van der Waals surface area contributed by atoms with Crippen LogP contribution in [-0.4, -0.2) is 59.4 Å². The molecule has 1 aliphatic rings. The fraction of sp³-hybridized carbons (Fsp3) is 0.455. The number of hydrogen-bond acceptors (Lipinski definition) is 5. The molecule has 2 aromatic rings. The van der Waals surface area contributed by atoms with E-state index >= 15 is 0 Å². The Bertz CT molecular complexity index is 733. The Morgan fingerprint density at radius 1 is 1.07 bits per heavy atom. The minimum Gasteiger partial charge on any atom is -0.504 e. The van der Waals surface area contributed by atoms with Crippen LogP contribution in [-0.2, 0) is 13.1 Å². The quantitative estimate of drug-likeness (QED) is 0.785. The van der Waals surface area contributed by atoms with E-state index in [0.717, 1.165) is 38.2 Å². The van der Waals surface area contributed by atoms with E-state index in [1.54, 1.807) is 13.2 Å². The molecule has 2 N–H and O–H groups in total. The highest BCUT2D eigenvalue weighted by Gasteiger charge is 2.27. The van der Waals surface area contributed by atoms with Crippen molar-refractivity contribution in [3.63, 3.8) is 0 Å². The molecule has 1 fully saturated rings. The SMILES string of the molecule is COc1cccc(CN2CCN(Cc3ccc(C)cc3)[C@H](CCO)C2)c1O. The monoisotopic (exact) mass is 370 g/mol. The number of piperazine rings is 1. The second-order valence-electron chi connectivity index (χ2n) is 7.33. The van der Waals surface area contributed by atoms with Gasteiger partial charge in [-0.15, -0.1) is 0 Å². The van der Waals surface area contributed by atoms with Gasteiger partial charge in [0.1, 0.15) is 0 Å². The van der Waals surface area contributed by atoms with E-state index in [0.29, 0.717) is 18.3 Å². The molecule has 1 heterocycles. The van der Waals surface area contributed by atoms with Crippen molar-refractivity contribution in [2.45, 2.75) is 32.5 Å². The molecule has 1 saturated heterocycles. The number of rotatable bonds is 7. The number of aryl methyl sites for hydroxylation is 1. The number of hydrogen-bond donors (Lipinski definition) is 2. The molecule has 3 rings (SSSR count). The van der Waals surface area contributed by atoms with Gasteiger partial charge in [-0.2, -0.15) is 0 Å². The maximum absolute atomic E-state index is 10.4. The summed E-state index contributed by atoms with van der Waals surface area (Å²) >= 11 is 0. The highest BCUT2D eigenvalue weighted by molar-refractivity contribution is 5.45. The molecule has 0 radical (unpaired) electrons. The molecule has 0 aromatic heterocycles. The van der Waals surface area contributed by atoms with E-state index in [2.05, 4.69) is 41.0 Å². The van der Waals surface area contributed by atoms with Crippen LogP contribution in [0.2, 0.25) is 0 Å². The number of aliphatic hydroxyl groups excluding tert-OH is 1. The van der Waals surface area contributed by atoms with Gasteiger partial charge in [-0.05, 0) is 25.0 Å². The van der Waals surface area contributed by atoms with E-state index < -0.39 is 0 Å². The Hall–Kier alpha value is -2.08. The normalized spacial score (nSPS) is 18.6. The zero-order valence-corrected chi connectivity index (χ0v) is 16.3. The first-order chi connectivity index (χ1) is 13.1. The first-order valence-electron chi connectivity index (χ1n) is 9.58. The molecule has 1 atom stereocenters. The van der Waals surface area contributed by atoms with Gasteiger partial charge >= 0.3 is 0 Å². The van der Waals surface area contributed by atoms with Gasteiger partial charge in [-0.3, -0.25) is 9.80 Å². The predicted octanol–water partition coefficient (Wildman–Crippen LogP) is 2.78. The third kappa shape index (κ3) is 5.01. The maximum Gasteiger partial charge on any atom is 0.162 e. The second-order valence-corrected chi connectivity index (χ2v) is 7.33. The molecule has 5 heteroatoms. The third-order valence-electron chi connectivity index (χ3n) is 5.35. The van der Waals surface area contributed by atoms with Crippen molar-refractivity contribution in [2.75, 3.05) is 33.4 Å². The van der Waals surface area contributed by atoms with Gasteiger partial charge in [0.15, 0.2) is 11.5 Å². The molecule has 0 spiro atoms. The zero-order chi connectivity index (χ0) is 19.2. The largest absolute Gasteiger partial charge is 0.504 e. The molecule has 0 unspecified atom stereocenters. The van der Waals surface area contributed by atoms with Crippen LogP contribution in [0.1, 0.15) is 23.1 Å². The molecule has 1 aliphatic heterocycles. The van der Waals surface area contributed by atoms with Crippen LogP contribution in [0.5, 0.6) is 11.5 Å². The van der Waals surface area contributed by atoms with Crippen molar-refractivity contribution in [1.82, 2.24) is 9.80 Å². The van der Waals surface area contributed by atoms with Crippen LogP contribution < -0.4 is 4.74 Å². The Morgan fingerprint density at radius 3 is 2.56 bits per heavy atom. The summed E-state index contributed by atoms with van der Waals surface area (Å²) in [7, 11) is 1.57. The van der Waals surface area contributed by atoms with Crippen LogP contribution in [0.3, 0.4) is 0 Å². The molecular formula is C22H30N2O3. The fourth-order valence-electron chi connectivity index (χ4n) is 3.76. The number of aromatic hydroxyl groups is 1. The number of methoxy groups -OCH3 is 1. The van der Waals surface area contributed by atoms with Crippen LogP contribution in [0.25, 0.3) is 0 Å². The van der Waals surface area contributed by atoms with E-state index in [4.69, 9.17) is 4.74 Å². The third-order valence-corrected chi connectivity index (χ3v) is 5.35. The molecule has 27 heavy (non-hydrogen) atoms. The Labute approximate surface area is 161 Å². The topological polar surface area (TPSA) is 56.2 Å². The van der Waals surface area contributed by atoms with Crippen molar-refractivity contribution >= 4 is 0 Å². The van der Waals surface area contributed by atoms with Gasteiger partial charge in [0.2, 0.25) is 0 Å². The average molecular weight is 370 g/mol. The second kappa shape index (κ2) is 9.22. The number of phenolic OH excluding ortho intramolecular Hbond substituents is 1. The highest BCUT2D eigenvalue weighted by atomic mass is 16.5. The molecule has 0 aliphatic carbocycles. The van der Waals surface area contributed by atoms with Crippen molar-refractivity contribution in [2.24, 2.45) is 0 Å². The number of aliphatic hydroxyl groups is 1. The first kappa shape index (κ1) is 19.7. The van der Waals surface area contributed by atoms with Gasteiger partial charge in [-0.1, -0.05) is 42.0 Å². The molecular weight excluding hydrogens is 340 g/mol. The van der Waals surface area contributed by atoms with Crippen molar-refractivity contribution < 1.29 is 14.9 Å². The Kier molecular flexibility index (Phi) is 6.72. The lowest BCUT2D eigenvalue weighted by atomic mass is 10.0. The van der Waals surface area contributed by atoms with Crippen molar-refractivity contribution in [3.05, 3.63) is 59.2 Å². The lowest BCUT2D eigenvalue weighted by Crippen LogP contribution is -2.52. The van der Waals surface area contributed by atoms with E-state index in [1.807, 2.05) is 12.1 Å². The predicted molar refractivity (Wildman–Crippen MR) is 107 cm³/mol. The van der Waals surface area contributed by atoms with Crippen molar-refractivity contribution in [3.8, 4) is 11.5 Å². The van der Waals surface area contributed by atoms with Crippen molar-refractivity contribution in [1.29, 1.82) is 0 Å². The van der Waals surface area contributed by atoms with Gasteiger partial charge in [0.05, 0.1) is 7.11 Å². The minimum atomic E-state index is 0.188. The average Bonchev–Trinajstić information content (AvgIpc) is 2.67. The minimum absolute atomic E-state index is 0.188. The summed E-state index contributed by atoms with van der Waals surface area (Å²) in [5.41, 5.74) is 3.46. The number of nitrogens with zero attached hydrogens (tertiary/aromatic N) is 2. The summed E-state index contributed by atoms with van der Waals surface area (Å²) < 4.78 is 5.22. The van der Waals surface area contributed by atoms with Gasteiger partial charge < -0.3 is 14.9 Å². The van der Waals surface area contributed by atoms with E-state index in [1.165, 1.54) is 11.1 Å². The Morgan fingerprint density at radius 2 is 1.85 bits per heavy atom. The number of phenols is 1. The molecule has 0 amide bonds. The van der Waals surface area contributed by atoms with Crippen LogP contribution >= 0.6 is 0 Å². The smallest absolute Gasteiger partial charge is 0.162 e. The van der Waals surface area contributed by atoms with Gasteiger partial charge in [0, 0.05) is 50.9 Å². The zero-order valence-electron chi connectivity index (χ0n) is 16.3. The number of ether oxygens (including phenoxy) is 1. The lowest BCUT2D eigenvalue weighted by molar-refractivity contribution is 0.0496. The van der Waals surface area contributed by atoms with Crippen LogP contribution in [0.15, 0.2) is 42.5 Å². The fourth-order valence-corrected chi connectivity index (χ4v) is 3.76. The summed E-state index contributed by atoms with van der Waals surface area (Å²) in [5.74, 6) is 0.734. The molecule has 0 saturated carbocycles. The maximum atomic E-state index is 10.4. The summed E-state index contributed by atoms with van der Waals surface area (Å²) in [5, 5.41) is 19.9. The van der Waals surface area contributed by atoms with Gasteiger partial charge in [0.25, 0.3) is 0 Å². The molecule has 5 nitrogen and oxygen atoms in total. The Balaban J connectivity index is 1.65. The standard InChI is InChI=1S/C22H30N2O3/c1-17-6-8-18(9-7-17)14-24-12-11-23(16-20(24)10-13-25)15-19-4-3-5-21(27-2)22(19)26/h3-9,20,25-26H,10-16H2,1-2H3/t20-/m1/s1. The summed E-state index contributed by atoms with van der Waals surface area (Å²) in [6.07, 6.45) is 0.756. The number of benzene rings is 2. The first-order valence-corrected chi connectivity index (χ1v) is 9.58. The molecule has 146 valence electrons. The van der Waals surface area contributed by atoms with Crippen LogP contribution in [0.4, 0.5) is 0 Å². The summed E-state index contributed by atoms with van der Waals surface area (Å²) in [6, 6.07) is 14.6. The number of para-hydroxylation sites is 1. The molecule has 2 aromatic carbocycles. The van der Waals surface area contributed by atoms with E-state index in [9.17, 15) is 10.2 Å².